The van der Waals surface area contributed by atoms with Gasteiger partial charge in [-0.15, -0.1) is 23.2 Å². The summed E-state index contributed by atoms with van der Waals surface area (Å²) in [6, 6.07) is -0.964. The number of hydrogen-bond donors (Lipinski definition) is 4. The van der Waals surface area contributed by atoms with E-state index in [1.165, 1.54) is 0 Å². The number of aliphatic hydroxyl groups is 2. The number of hydrogen-bond acceptors (Lipinski definition) is 4. The van der Waals surface area contributed by atoms with E-state index in [0.29, 0.717) is 83.7 Å². The Balaban J connectivity index is 1.21. The summed E-state index contributed by atoms with van der Waals surface area (Å²) in [6.45, 7) is 17.7. The largest absolute Gasteiger partial charge is 0.477 e. The second-order valence-corrected chi connectivity index (χ2v) is 24.4. The van der Waals surface area contributed by atoms with Crippen LogP contribution in [0, 0.1) is 62.6 Å². The van der Waals surface area contributed by atoms with E-state index in [0.717, 1.165) is 77.3 Å². The summed E-state index contributed by atoms with van der Waals surface area (Å²) in [5.41, 5.74) is 0.0459. The number of carbonyl (C=O) groups is 2. The molecule has 7 rings (SSSR count). The summed E-state index contributed by atoms with van der Waals surface area (Å²) >= 11 is 14.2. The molecule has 7 fully saturated rings. The first kappa shape index (κ1) is 43.4. The lowest BCUT2D eigenvalue weighted by Gasteiger charge is -2.73. The normalized spacial score (nSPS) is 50.9. The number of nitrogens with zero attached hydrogens (tertiary/aromatic N) is 2. The van der Waals surface area contributed by atoms with Crippen LogP contribution in [0.4, 0.5) is 0 Å². The van der Waals surface area contributed by atoms with Gasteiger partial charge in [-0.1, -0.05) is 34.6 Å². The van der Waals surface area contributed by atoms with Gasteiger partial charge in [-0.25, -0.2) is 9.59 Å². The second-order valence-electron chi connectivity index (χ2n) is 23.2. The highest BCUT2D eigenvalue weighted by Gasteiger charge is 2.73. The Morgan fingerprint density at radius 1 is 0.714 bits per heavy atom. The number of carboxylic acids is 2. The zero-order valence-electron chi connectivity index (χ0n) is 36.2. The van der Waals surface area contributed by atoms with Crippen molar-refractivity contribution in [2.24, 2.45) is 62.6 Å². The Kier molecular flexibility index (Phi) is 11.2. The van der Waals surface area contributed by atoms with E-state index in [1.807, 2.05) is 0 Å². The Labute approximate surface area is 348 Å². The molecule has 0 aromatic heterocycles. The third kappa shape index (κ3) is 6.47. The Hall–Kier alpha value is -0.640. The highest BCUT2D eigenvalue weighted by atomic mass is 35.5. The third-order valence-corrected chi connectivity index (χ3v) is 21.7. The zero-order chi connectivity index (χ0) is 41.1. The number of fused-ring (bicyclic) bond motifs is 7. The quantitative estimate of drug-likeness (QED) is 0.137. The number of likely N-dealkylation sites (tertiary alicyclic amines) is 2. The van der Waals surface area contributed by atoms with Crippen LogP contribution in [0.5, 0.6) is 0 Å². The van der Waals surface area contributed by atoms with Crippen LogP contribution in [0.1, 0.15) is 138 Å². The van der Waals surface area contributed by atoms with Crippen LogP contribution in [-0.4, -0.2) is 117 Å². The fourth-order valence-electron chi connectivity index (χ4n) is 17.2. The standard InChI is InChI=1S/C46H76Cl2N2O6/c1-41(2)33(38(40(55)56)50(8)25-16-30(52)17-26-50)11-18-42(3)35(41)13-19-44(5)36(42)10-9-31-37-32(45(6,48)28-47)12-20-46(37,22-21-43(31,44)4)27-34(39(53)54)49(7)23-14-29(51)15-24-49/h29-38,51-52H,9-28H2,1-8H3/p+2/t29?,30?,31-,32-,33?,34?,35+,36-,37+,38?,42+,43-,44-,45?,46-,49?,50?/m1/s1. The van der Waals surface area contributed by atoms with Crippen LogP contribution in [0.3, 0.4) is 0 Å². The number of likely N-dealkylation sites (N-methyl/N-ethyl adjacent to an activating group) is 2. The Morgan fingerprint density at radius 3 is 1.86 bits per heavy atom. The van der Waals surface area contributed by atoms with E-state index in [9.17, 15) is 30.0 Å². The van der Waals surface area contributed by atoms with Crippen molar-refractivity contribution in [2.75, 3.05) is 46.2 Å². The molecule has 0 amide bonds. The van der Waals surface area contributed by atoms with Crippen molar-refractivity contribution < 1.29 is 39.0 Å². The van der Waals surface area contributed by atoms with E-state index >= 15 is 0 Å². The van der Waals surface area contributed by atoms with E-state index < -0.39 is 28.9 Å². The van der Waals surface area contributed by atoms with Gasteiger partial charge < -0.3 is 29.4 Å². The first-order valence-corrected chi connectivity index (χ1v) is 23.6. The van der Waals surface area contributed by atoms with Crippen molar-refractivity contribution in [1.29, 1.82) is 0 Å². The number of alkyl halides is 2. The molecule has 0 bridgehead atoms. The number of carboxylic acid groups (broad SMARTS) is 2. The number of aliphatic hydroxyl groups excluding tert-OH is 2. The summed E-state index contributed by atoms with van der Waals surface area (Å²) in [5, 5.41) is 42.6. The van der Waals surface area contributed by atoms with Crippen LogP contribution in [0.25, 0.3) is 0 Å². The van der Waals surface area contributed by atoms with Gasteiger partial charge in [0.05, 0.1) is 57.4 Å². The lowest BCUT2D eigenvalue weighted by Crippen LogP contribution is -2.69. The van der Waals surface area contributed by atoms with Gasteiger partial charge in [0, 0.05) is 43.9 Å². The maximum atomic E-state index is 13.3. The molecule has 10 heteroatoms. The second kappa shape index (κ2) is 14.5. The van der Waals surface area contributed by atoms with Gasteiger partial charge in [0.25, 0.3) is 0 Å². The van der Waals surface area contributed by atoms with Crippen molar-refractivity contribution in [3.05, 3.63) is 0 Å². The van der Waals surface area contributed by atoms with Gasteiger partial charge in [0.2, 0.25) is 0 Å². The molecule has 7 aliphatic rings. The van der Waals surface area contributed by atoms with Gasteiger partial charge in [-0.3, -0.25) is 0 Å². The first-order chi connectivity index (χ1) is 25.9. The maximum Gasteiger partial charge on any atom is 0.362 e. The molecule has 13 atom stereocenters. The fraction of sp³-hybridized carbons (Fsp3) is 0.957. The first-order valence-electron chi connectivity index (χ1n) is 22.7. The van der Waals surface area contributed by atoms with Crippen molar-refractivity contribution in [1.82, 2.24) is 0 Å². The molecule has 4 unspecified atom stereocenters. The third-order valence-electron chi connectivity index (χ3n) is 20.6. The highest BCUT2D eigenvalue weighted by Crippen LogP contribution is 2.79. The van der Waals surface area contributed by atoms with Gasteiger partial charge in [0.1, 0.15) is 0 Å². The average Bonchev–Trinajstić information content (AvgIpc) is 3.52. The molecule has 320 valence electrons. The van der Waals surface area contributed by atoms with E-state index in [-0.39, 0.29) is 51.1 Å². The molecule has 2 saturated heterocycles. The molecule has 5 aliphatic carbocycles. The topological polar surface area (TPSA) is 115 Å². The summed E-state index contributed by atoms with van der Waals surface area (Å²) in [6.07, 6.45) is 13.4. The van der Waals surface area contributed by atoms with Gasteiger partial charge in [0.15, 0.2) is 12.1 Å². The molecular weight excluding hydrogens is 747 g/mol. The Morgan fingerprint density at radius 2 is 1.30 bits per heavy atom. The van der Waals surface area contributed by atoms with Crippen LogP contribution in [-0.2, 0) is 9.59 Å². The molecule has 0 spiro atoms. The SMILES string of the molecule is CC(Cl)(CCl)[C@@H]1CC[C@]2(CC(C(=O)O)[N+]3(C)CCC(O)CC3)CC[C@]3(C)[C@H](CC[C@@H]4[C@@]5(C)CCC(C(C(=O)O)[N+]6(C)CCC(O)CC6)C(C)(C)[C@@H]5CC[C@]43C)[C@@H]12. The van der Waals surface area contributed by atoms with Gasteiger partial charge in [-0.2, -0.15) is 0 Å². The minimum absolute atomic E-state index is 0.0737. The molecule has 8 nitrogen and oxygen atoms in total. The van der Waals surface area contributed by atoms with Crippen LogP contribution in [0.15, 0.2) is 0 Å². The van der Waals surface area contributed by atoms with E-state index in [1.54, 1.807) is 0 Å². The number of aliphatic carboxylic acids is 2. The number of halogens is 2. The van der Waals surface area contributed by atoms with E-state index in [2.05, 4.69) is 55.6 Å². The molecule has 56 heavy (non-hydrogen) atoms. The monoisotopic (exact) mass is 825 g/mol. The molecule has 2 heterocycles. The zero-order valence-corrected chi connectivity index (χ0v) is 37.7. The predicted octanol–water partition coefficient (Wildman–Crippen LogP) is 8.42. The molecule has 0 radical (unpaired) electrons. The minimum atomic E-state index is -0.695. The van der Waals surface area contributed by atoms with Crippen molar-refractivity contribution in [2.45, 2.75) is 167 Å². The number of quaternary nitrogens is 2. The number of piperidine rings is 2. The molecule has 2 aliphatic heterocycles. The summed E-state index contributed by atoms with van der Waals surface area (Å²) in [4.78, 5) is 26.1. The smallest absolute Gasteiger partial charge is 0.362 e. The van der Waals surface area contributed by atoms with Crippen LogP contribution in [0.2, 0.25) is 0 Å². The van der Waals surface area contributed by atoms with E-state index in [4.69, 9.17) is 23.2 Å². The molecule has 0 aromatic carbocycles. The maximum absolute atomic E-state index is 13.3. The molecule has 5 saturated carbocycles. The summed E-state index contributed by atoms with van der Waals surface area (Å²) in [5.74, 6) is 1.04. The van der Waals surface area contributed by atoms with Gasteiger partial charge in [-0.05, 0) is 128 Å². The van der Waals surface area contributed by atoms with Crippen molar-refractivity contribution >= 4 is 35.1 Å². The van der Waals surface area contributed by atoms with Crippen molar-refractivity contribution in [3.63, 3.8) is 0 Å². The molecular formula is C46H78Cl2N2O6+2. The summed E-state index contributed by atoms with van der Waals surface area (Å²) < 4.78 is 1.03. The molecule has 0 aromatic rings. The highest BCUT2D eigenvalue weighted by molar-refractivity contribution is 6.30. The van der Waals surface area contributed by atoms with Crippen LogP contribution < -0.4 is 0 Å². The Bertz CT molecular complexity index is 1510. The van der Waals surface area contributed by atoms with Gasteiger partial charge >= 0.3 is 11.9 Å². The van der Waals surface area contributed by atoms with Crippen molar-refractivity contribution in [3.8, 4) is 0 Å². The number of rotatable bonds is 9. The average molecular weight is 826 g/mol. The summed E-state index contributed by atoms with van der Waals surface area (Å²) in [7, 11) is 4.26. The lowest BCUT2D eigenvalue weighted by molar-refractivity contribution is -0.935. The minimum Gasteiger partial charge on any atom is -0.477 e. The fourth-order valence-corrected chi connectivity index (χ4v) is 17.6. The predicted molar refractivity (Wildman–Crippen MR) is 222 cm³/mol. The van der Waals surface area contributed by atoms with Crippen LogP contribution >= 0.6 is 23.2 Å². The molecule has 4 N–H and O–H groups in total. The lowest BCUT2D eigenvalue weighted by atomic mass is 9.31.